The number of carbonyl (C=O) groups is 2. The van der Waals surface area contributed by atoms with Crippen LogP contribution in [0.5, 0.6) is 0 Å². The van der Waals surface area contributed by atoms with Crippen molar-refractivity contribution in [3.05, 3.63) is 63.2 Å². The zero-order valence-electron chi connectivity index (χ0n) is 11.8. The topological polar surface area (TPSA) is 109 Å². The Balaban J connectivity index is 2.53. The minimum atomic E-state index is -1.01. The smallest absolute Gasteiger partial charge is 0.335 e. The summed E-state index contributed by atoms with van der Waals surface area (Å²) in [4.78, 5) is 22.5. The summed E-state index contributed by atoms with van der Waals surface area (Å²) < 4.78 is 1.45. The molecule has 1 aromatic heterocycles. The molecule has 1 aromatic carbocycles. The number of amides is 1. The van der Waals surface area contributed by atoms with Crippen molar-refractivity contribution in [2.45, 2.75) is 13.5 Å². The molecule has 114 valence electrons. The van der Waals surface area contributed by atoms with Gasteiger partial charge in [-0.15, -0.1) is 0 Å². The van der Waals surface area contributed by atoms with Gasteiger partial charge in [-0.05, 0) is 30.2 Å². The summed E-state index contributed by atoms with van der Waals surface area (Å²) in [7, 11) is 0. The Morgan fingerprint density at radius 2 is 2.05 bits per heavy atom. The van der Waals surface area contributed by atoms with Crippen molar-refractivity contribution in [3.8, 4) is 0 Å². The van der Waals surface area contributed by atoms with E-state index in [1.165, 1.54) is 22.9 Å². The average Bonchev–Trinajstić information content (AvgIpc) is 2.44. The molecule has 1 heterocycles. The lowest BCUT2D eigenvalue weighted by molar-refractivity contribution is 0.0695. The van der Waals surface area contributed by atoms with E-state index in [9.17, 15) is 9.59 Å². The number of carboxylic acid groups (broad SMARTS) is 1. The molecular weight excluding hydrogens is 306 g/mol. The van der Waals surface area contributed by atoms with Gasteiger partial charge in [0.05, 0.1) is 16.1 Å². The maximum absolute atomic E-state index is 11.3. The number of aromatic nitrogens is 1. The van der Waals surface area contributed by atoms with Crippen LogP contribution in [0.1, 0.15) is 31.8 Å². The summed E-state index contributed by atoms with van der Waals surface area (Å²) in [5, 5.41) is 17.4. The zero-order valence-corrected chi connectivity index (χ0v) is 12.5. The van der Waals surface area contributed by atoms with Gasteiger partial charge in [0.1, 0.15) is 5.49 Å². The molecule has 2 aromatic rings. The molecule has 6 nitrogen and oxygen atoms in total. The van der Waals surface area contributed by atoms with Crippen LogP contribution in [0.15, 0.2) is 30.5 Å². The Labute approximate surface area is 131 Å². The molecule has 2 rings (SSSR count). The molecule has 0 unspecified atom stereocenters. The number of benzene rings is 1. The van der Waals surface area contributed by atoms with Crippen LogP contribution in [0.3, 0.4) is 0 Å². The summed E-state index contributed by atoms with van der Waals surface area (Å²) in [6.07, 6.45) is 1.50. The molecule has 7 heteroatoms. The van der Waals surface area contributed by atoms with Gasteiger partial charge in [0.15, 0.2) is 0 Å². The maximum Gasteiger partial charge on any atom is 0.335 e. The number of carbonyl (C=O) groups excluding carboxylic acids is 1. The van der Waals surface area contributed by atoms with Crippen molar-refractivity contribution in [1.82, 2.24) is 4.57 Å². The van der Waals surface area contributed by atoms with Crippen molar-refractivity contribution in [2.24, 2.45) is 5.73 Å². The van der Waals surface area contributed by atoms with Gasteiger partial charge in [-0.25, -0.2) is 4.79 Å². The predicted molar refractivity (Wildman–Crippen MR) is 81.1 cm³/mol. The fourth-order valence-electron chi connectivity index (χ4n) is 2.19. The fraction of sp³-hybridized carbons (Fsp3) is 0.133. The number of carboxylic acids is 1. The minimum absolute atomic E-state index is 0.0135. The number of nitrogens with two attached hydrogens (primary N) is 1. The minimum Gasteiger partial charge on any atom is -0.478 e. The summed E-state index contributed by atoms with van der Waals surface area (Å²) in [6, 6.07) is 6.25. The first-order valence-electron chi connectivity index (χ1n) is 6.37. The van der Waals surface area contributed by atoms with E-state index in [1.54, 1.807) is 19.1 Å². The van der Waals surface area contributed by atoms with E-state index in [1.807, 2.05) is 0 Å². The number of rotatable bonds is 4. The highest BCUT2D eigenvalue weighted by Gasteiger charge is 2.12. The van der Waals surface area contributed by atoms with E-state index in [0.29, 0.717) is 5.56 Å². The number of nitrogens with one attached hydrogen (secondary N) is 1. The highest BCUT2D eigenvalue weighted by Crippen LogP contribution is 2.16. The average molecular weight is 320 g/mol. The largest absolute Gasteiger partial charge is 0.478 e. The van der Waals surface area contributed by atoms with E-state index in [-0.39, 0.29) is 28.2 Å². The van der Waals surface area contributed by atoms with Crippen LogP contribution in [-0.2, 0) is 6.54 Å². The molecule has 0 spiro atoms. The molecule has 0 atom stereocenters. The monoisotopic (exact) mass is 319 g/mol. The van der Waals surface area contributed by atoms with Gasteiger partial charge in [0, 0.05) is 12.7 Å². The molecule has 1 amide bonds. The second-order valence-corrected chi connectivity index (χ2v) is 5.24. The Bertz CT molecular complexity index is 827. The van der Waals surface area contributed by atoms with Crippen molar-refractivity contribution in [2.75, 3.05) is 0 Å². The summed E-state index contributed by atoms with van der Waals surface area (Å²) in [5.41, 5.74) is 6.69. The Kier molecular flexibility index (Phi) is 4.32. The second-order valence-electron chi connectivity index (χ2n) is 4.81. The van der Waals surface area contributed by atoms with E-state index >= 15 is 0 Å². The number of hydrogen-bond donors (Lipinski definition) is 3. The Morgan fingerprint density at radius 1 is 1.36 bits per heavy atom. The van der Waals surface area contributed by atoms with Crippen molar-refractivity contribution < 1.29 is 14.7 Å². The van der Waals surface area contributed by atoms with Crippen molar-refractivity contribution >= 4 is 23.5 Å². The molecular formula is C15H14ClN3O3. The van der Waals surface area contributed by atoms with E-state index in [2.05, 4.69) is 0 Å². The third kappa shape index (κ3) is 3.01. The number of primary amides is 1. The molecule has 4 N–H and O–H groups in total. The molecule has 0 aliphatic heterocycles. The molecule has 0 saturated carbocycles. The van der Waals surface area contributed by atoms with Crippen LogP contribution in [0.25, 0.3) is 0 Å². The molecule has 0 fully saturated rings. The third-order valence-corrected chi connectivity index (χ3v) is 3.59. The Morgan fingerprint density at radius 3 is 2.64 bits per heavy atom. The van der Waals surface area contributed by atoms with Gasteiger partial charge >= 0.3 is 5.97 Å². The lowest BCUT2D eigenvalue weighted by Crippen LogP contribution is -2.30. The summed E-state index contributed by atoms with van der Waals surface area (Å²) in [6.45, 7) is 1.91. The zero-order chi connectivity index (χ0) is 16.4. The number of hydrogen-bond acceptors (Lipinski definition) is 3. The SMILES string of the molecule is Cc1c(Cn2cc(Cl)cc(C(N)=O)c2=N)cccc1C(=O)O. The molecule has 0 aliphatic rings. The van der Waals surface area contributed by atoms with Crippen LogP contribution in [-0.4, -0.2) is 21.6 Å². The van der Waals surface area contributed by atoms with Crippen LogP contribution in [0.2, 0.25) is 5.02 Å². The predicted octanol–water partition coefficient (Wildman–Crippen LogP) is 1.77. The summed E-state index contributed by atoms with van der Waals surface area (Å²) in [5.74, 6) is -1.75. The number of halogens is 1. The quantitative estimate of drug-likeness (QED) is 0.799. The van der Waals surface area contributed by atoms with Crippen LogP contribution in [0.4, 0.5) is 0 Å². The van der Waals surface area contributed by atoms with Gasteiger partial charge in [-0.1, -0.05) is 23.7 Å². The lowest BCUT2D eigenvalue weighted by atomic mass is 10.0. The van der Waals surface area contributed by atoms with Crippen LogP contribution >= 0.6 is 11.6 Å². The van der Waals surface area contributed by atoms with Crippen molar-refractivity contribution in [3.63, 3.8) is 0 Å². The third-order valence-electron chi connectivity index (χ3n) is 3.39. The lowest BCUT2D eigenvalue weighted by Gasteiger charge is -2.13. The van der Waals surface area contributed by atoms with Gasteiger partial charge < -0.3 is 15.4 Å². The van der Waals surface area contributed by atoms with Gasteiger partial charge in [-0.2, -0.15) is 0 Å². The van der Waals surface area contributed by atoms with Crippen LogP contribution < -0.4 is 11.2 Å². The maximum atomic E-state index is 11.3. The first-order valence-corrected chi connectivity index (χ1v) is 6.75. The molecule has 0 aliphatic carbocycles. The number of pyridine rings is 1. The summed E-state index contributed by atoms with van der Waals surface area (Å²) >= 11 is 5.95. The van der Waals surface area contributed by atoms with Gasteiger partial charge in [-0.3, -0.25) is 10.2 Å². The Hall–Kier alpha value is -2.60. The van der Waals surface area contributed by atoms with Crippen LogP contribution in [0, 0.1) is 12.3 Å². The van der Waals surface area contributed by atoms with Gasteiger partial charge in [0.25, 0.3) is 5.91 Å². The number of nitrogens with zero attached hydrogens (tertiary/aromatic N) is 1. The first-order chi connectivity index (χ1) is 10.3. The second kappa shape index (κ2) is 6.03. The highest BCUT2D eigenvalue weighted by atomic mass is 35.5. The van der Waals surface area contributed by atoms with E-state index < -0.39 is 11.9 Å². The highest BCUT2D eigenvalue weighted by molar-refractivity contribution is 6.30. The first kappa shape index (κ1) is 15.8. The molecule has 0 saturated heterocycles. The van der Waals surface area contributed by atoms with Gasteiger partial charge in [0.2, 0.25) is 0 Å². The van der Waals surface area contributed by atoms with E-state index in [0.717, 1.165) is 5.56 Å². The fourth-order valence-corrected chi connectivity index (χ4v) is 2.42. The number of aromatic carboxylic acids is 1. The van der Waals surface area contributed by atoms with Crippen molar-refractivity contribution in [1.29, 1.82) is 5.41 Å². The standard InChI is InChI=1S/C15H14ClN3O3/c1-8-9(3-2-4-11(8)15(21)22)6-19-7-10(16)5-12(13(19)17)14(18)20/h2-5,7,17H,6H2,1H3,(H2,18,20)(H,21,22). The molecule has 0 bridgehead atoms. The normalized spacial score (nSPS) is 10.5. The molecule has 22 heavy (non-hydrogen) atoms. The molecule has 0 radical (unpaired) electrons. The van der Waals surface area contributed by atoms with E-state index in [4.69, 9.17) is 27.9 Å².